The highest BCUT2D eigenvalue weighted by Gasteiger charge is 1.92. The fourth-order valence-electron chi connectivity index (χ4n) is 0.0373. The van der Waals surface area contributed by atoms with Gasteiger partial charge in [0.25, 0.3) is 0 Å². The lowest BCUT2D eigenvalue weighted by molar-refractivity contribution is -0.185. The smallest absolute Gasteiger partial charge is 0.488 e. The summed E-state index contributed by atoms with van der Waals surface area (Å²) in [5.41, 5.74) is 0. The van der Waals surface area contributed by atoms with Gasteiger partial charge >= 0.3 is 8.25 Å². The fourth-order valence-corrected chi connectivity index (χ4v) is 0.112. The summed E-state index contributed by atoms with van der Waals surface area (Å²) in [6, 6.07) is 0. The van der Waals surface area contributed by atoms with Gasteiger partial charge in [0.1, 0.15) is 0 Å². The molecule has 0 bridgehead atoms. The molecule has 0 amide bonds. The minimum absolute atomic E-state index is 3.09. The molecule has 0 fully saturated rings. The Labute approximate surface area is 43.9 Å². The predicted octanol–water partition coefficient (Wildman–Crippen LogP) is 0.0406. The summed E-state index contributed by atoms with van der Waals surface area (Å²) in [4.78, 5) is 9.79. The van der Waals surface area contributed by atoms with E-state index in [4.69, 9.17) is 6.85 Å². The summed E-state index contributed by atoms with van der Waals surface area (Å²) in [6.45, 7) is -6.23. The fraction of sp³-hybridized carbons (Fsp3) is 1.00. The molecule has 36 valence electrons. The zero-order chi connectivity index (χ0) is 9.28. The van der Waals surface area contributed by atoms with E-state index in [0.29, 0.717) is 0 Å². The maximum absolute atomic E-state index is 9.79. The molecule has 0 rings (SSSR count). The van der Waals surface area contributed by atoms with Crippen molar-refractivity contribution in [3.8, 4) is 0 Å². The van der Waals surface area contributed by atoms with Gasteiger partial charge in [-0.2, -0.15) is 0 Å². The third-order valence-electron chi connectivity index (χ3n) is 0.120. The maximum Gasteiger partial charge on any atom is 0.488 e. The van der Waals surface area contributed by atoms with Crippen LogP contribution in [0.5, 0.6) is 0 Å². The van der Waals surface area contributed by atoms with Crippen molar-refractivity contribution in [2.75, 3.05) is 6.56 Å². The monoisotopic (exact) mass is 113 g/mol. The van der Waals surface area contributed by atoms with E-state index in [-0.39, 0.29) is 0 Å². The summed E-state index contributed by atoms with van der Waals surface area (Å²) in [5, 5.41) is 0. The van der Waals surface area contributed by atoms with E-state index >= 15 is 0 Å². The molecule has 0 aromatic heterocycles. The Kier molecular flexibility index (Phi) is 0.811. The van der Waals surface area contributed by atoms with E-state index < -0.39 is 21.7 Å². The molecule has 1 unspecified atom stereocenters. The molecule has 0 N–H and O–H groups in total. The number of hydrogen-bond donors (Lipinski definition) is 0. The van der Waals surface area contributed by atoms with Crippen molar-refractivity contribution in [1.82, 2.24) is 0 Å². The van der Waals surface area contributed by atoms with Crippen molar-refractivity contribution < 1.29 is 20.8 Å². The molecule has 3 nitrogen and oxygen atoms in total. The first kappa shape index (κ1) is 1.51. The highest BCUT2D eigenvalue weighted by atomic mass is 31.1. The first-order chi connectivity index (χ1) is 4.67. The van der Waals surface area contributed by atoms with Crippen LogP contribution in [0.15, 0.2) is 0 Å². The van der Waals surface area contributed by atoms with Gasteiger partial charge in [0.2, 0.25) is 0 Å². The normalized spacial score (nSPS) is 28.2. The molecule has 0 spiro atoms. The van der Waals surface area contributed by atoms with Crippen molar-refractivity contribution in [3.05, 3.63) is 0 Å². The van der Waals surface area contributed by atoms with E-state index in [1.54, 1.807) is 0 Å². The van der Waals surface area contributed by atoms with Gasteiger partial charge in [-0.1, -0.05) is 0 Å². The molecule has 0 radical (unpaired) electrons. The molecule has 1 atom stereocenters. The molecule has 0 aromatic carbocycles. The van der Waals surface area contributed by atoms with Crippen LogP contribution in [-0.4, -0.2) is 6.56 Å². The van der Waals surface area contributed by atoms with Crippen molar-refractivity contribution in [2.45, 2.75) is 6.85 Å². The van der Waals surface area contributed by atoms with Crippen LogP contribution in [0.1, 0.15) is 13.7 Å². The van der Waals surface area contributed by atoms with Crippen LogP contribution in [0.25, 0.3) is 0 Å². The second kappa shape index (κ2) is 3.22. The van der Waals surface area contributed by atoms with Crippen LogP contribution >= 0.6 is 8.25 Å². The molecule has 0 saturated carbocycles. The topological polar surface area (TPSA) is 49.4 Å². The largest absolute Gasteiger partial charge is 0.566 e. The summed E-state index contributed by atoms with van der Waals surface area (Å²) in [5.74, 6) is 0. The van der Waals surface area contributed by atoms with Crippen molar-refractivity contribution >= 4 is 8.25 Å². The average Bonchev–Trinajstić information content (AvgIpc) is 1.56. The molecular formula is C2H5O3P. The van der Waals surface area contributed by atoms with Crippen LogP contribution < -0.4 is 4.89 Å². The second-order valence-electron chi connectivity index (χ2n) is 0.417. The highest BCUT2D eigenvalue weighted by molar-refractivity contribution is 7.30. The molecule has 0 heterocycles. The number of hydrogen-bond acceptors (Lipinski definition) is 3. The van der Waals surface area contributed by atoms with Gasteiger partial charge in [-0.25, -0.2) is 0 Å². The zero-order valence-corrected chi connectivity index (χ0v) is 3.57. The molecule has 0 aliphatic rings. The first-order valence-corrected chi connectivity index (χ1v) is 2.10. The van der Waals surface area contributed by atoms with Crippen LogP contribution in [0.2, 0.25) is 0 Å². The second-order valence-corrected chi connectivity index (χ2v) is 1.05. The summed E-state index contributed by atoms with van der Waals surface area (Å²) in [6.07, 6.45) is 0. The van der Waals surface area contributed by atoms with E-state index in [1.165, 1.54) is 0 Å². The lowest BCUT2D eigenvalue weighted by atomic mass is 10.9. The Bertz CT molecular complexity index is 164. The molecule has 0 aromatic rings. The molecule has 6 heavy (non-hydrogen) atoms. The minimum atomic E-state index is -3.49. The van der Waals surface area contributed by atoms with Gasteiger partial charge in [0, 0.05) is 4.11 Å². The Balaban J connectivity index is 4.34. The van der Waals surface area contributed by atoms with E-state index in [1.807, 2.05) is 0 Å². The third-order valence-corrected chi connectivity index (χ3v) is 0.361. The van der Waals surface area contributed by atoms with E-state index in [2.05, 4.69) is 4.52 Å². The SMILES string of the molecule is [2H]C([2H])([2H])C([2H])([2H])O[P+](=O)[O-]. The minimum Gasteiger partial charge on any atom is -0.566 e. The Morgan fingerprint density at radius 1 is 2.50 bits per heavy atom. The van der Waals surface area contributed by atoms with Crippen molar-refractivity contribution in [3.63, 3.8) is 0 Å². The molecule has 0 aliphatic carbocycles. The standard InChI is InChI=1S/C2H5O3P/c1-2-5-6(3)4/h2H2,1H3/i1D3,2D2. The third kappa shape index (κ3) is 4.02. The quantitative estimate of drug-likeness (QED) is 0.475. The molecule has 4 heteroatoms. The van der Waals surface area contributed by atoms with Crippen LogP contribution in [0.4, 0.5) is 0 Å². The van der Waals surface area contributed by atoms with Crippen molar-refractivity contribution in [1.29, 1.82) is 0 Å². The summed E-state index contributed by atoms with van der Waals surface area (Å²) in [7, 11) is -3.49. The average molecular weight is 113 g/mol. The van der Waals surface area contributed by atoms with Crippen LogP contribution in [-0.2, 0) is 9.09 Å². The zero-order valence-electron chi connectivity index (χ0n) is 7.67. The Hall–Kier alpha value is 0.0200. The Morgan fingerprint density at radius 2 is 3.17 bits per heavy atom. The Morgan fingerprint density at radius 3 is 3.33 bits per heavy atom. The highest BCUT2D eigenvalue weighted by Crippen LogP contribution is 2.05. The van der Waals surface area contributed by atoms with Crippen molar-refractivity contribution in [2.24, 2.45) is 0 Å². The van der Waals surface area contributed by atoms with Crippen LogP contribution in [0.3, 0.4) is 0 Å². The summed E-state index contributed by atoms with van der Waals surface area (Å²) >= 11 is 0. The van der Waals surface area contributed by atoms with Gasteiger partial charge in [0.05, 0.1) is 9.30 Å². The molecular weight excluding hydrogens is 103 g/mol. The first-order valence-electron chi connectivity index (χ1n) is 3.50. The maximum atomic E-state index is 9.79. The van der Waals surface area contributed by atoms with Gasteiger partial charge in [0.15, 0.2) is 0 Å². The van der Waals surface area contributed by atoms with Gasteiger partial charge in [-0.3, -0.25) is 0 Å². The van der Waals surface area contributed by atoms with E-state index in [0.717, 1.165) is 0 Å². The van der Waals surface area contributed by atoms with Gasteiger partial charge < -0.3 is 4.89 Å². The lowest BCUT2D eigenvalue weighted by Gasteiger charge is -1.78. The predicted molar refractivity (Wildman–Crippen MR) is 19.2 cm³/mol. The van der Waals surface area contributed by atoms with Crippen LogP contribution in [0, 0.1) is 0 Å². The number of rotatable bonds is 2. The lowest BCUT2D eigenvalue weighted by Crippen LogP contribution is -1.88. The van der Waals surface area contributed by atoms with Gasteiger partial charge in [-0.15, -0.1) is 4.52 Å². The van der Waals surface area contributed by atoms with E-state index in [9.17, 15) is 9.46 Å². The van der Waals surface area contributed by atoms with Gasteiger partial charge in [-0.05, 0) is 11.4 Å². The summed E-state index contributed by atoms with van der Waals surface area (Å²) < 4.78 is 46.0. The molecule has 0 saturated heterocycles. The molecule has 0 aliphatic heterocycles.